The van der Waals surface area contributed by atoms with Crippen LogP contribution in [0.5, 0.6) is 0 Å². The molecular formula is C28H25N. The van der Waals surface area contributed by atoms with Gasteiger partial charge in [-0.3, -0.25) is 4.90 Å². The van der Waals surface area contributed by atoms with Crippen molar-refractivity contribution in [3.63, 3.8) is 0 Å². The van der Waals surface area contributed by atoms with Crippen molar-refractivity contribution in [1.82, 2.24) is 4.90 Å². The minimum atomic E-state index is 0.557. The van der Waals surface area contributed by atoms with Gasteiger partial charge in [0.2, 0.25) is 0 Å². The molecule has 1 nitrogen and oxygen atoms in total. The van der Waals surface area contributed by atoms with E-state index in [9.17, 15) is 0 Å². The Morgan fingerprint density at radius 3 is 2.07 bits per heavy atom. The molecule has 1 fully saturated rings. The van der Waals surface area contributed by atoms with Gasteiger partial charge in [0.05, 0.1) is 0 Å². The van der Waals surface area contributed by atoms with Gasteiger partial charge in [-0.15, -0.1) is 0 Å². The van der Waals surface area contributed by atoms with E-state index in [1.807, 2.05) is 0 Å². The van der Waals surface area contributed by atoms with E-state index in [1.54, 1.807) is 5.57 Å². The molecule has 2 aliphatic rings. The van der Waals surface area contributed by atoms with Crippen molar-refractivity contribution in [2.24, 2.45) is 0 Å². The normalized spacial score (nSPS) is 21.6. The van der Waals surface area contributed by atoms with Crippen LogP contribution in [0.1, 0.15) is 30.4 Å². The third-order valence-electron chi connectivity index (χ3n) is 6.84. The third kappa shape index (κ3) is 2.89. The van der Waals surface area contributed by atoms with E-state index < -0.39 is 0 Å². The van der Waals surface area contributed by atoms with E-state index in [4.69, 9.17) is 0 Å². The molecule has 2 unspecified atom stereocenters. The van der Waals surface area contributed by atoms with Crippen LogP contribution in [-0.4, -0.2) is 17.0 Å². The van der Waals surface area contributed by atoms with Gasteiger partial charge in [0.1, 0.15) is 0 Å². The van der Waals surface area contributed by atoms with Crippen LogP contribution in [0, 0.1) is 0 Å². The van der Waals surface area contributed by atoms with Crippen LogP contribution in [0.2, 0.25) is 0 Å². The second-order valence-corrected chi connectivity index (χ2v) is 8.55. The summed E-state index contributed by atoms with van der Waals surface area (Å²) in [6.45, 7) is 1.07. The fourth-order valence-corrected chi connectivity index (χ4v) is 5.50. The zero-order valence-corrected chi connectivity index (χ0v) is 16.6. The van der Waals surface area contributed by atoms with Crippen LogP contribution in [-0.2, 0) is 6.54 Å². The van der Waals surface area contributed by atoms with Gasteiger partial charge in [-0.1, -0.05) is 84.9 Å². The topological polar surface area (TPSA) is 3.24 Å². The average Bonchev–Trinajstić information content (AvgIpc) is 2.99. The lowest BCUT2D eigenvalue weighted by Crippen LogP contribution is -2.37. The van der Waals surface area contributed by atoms with E-state index in [2.05, 4.69) is 95.9 Å². The number of rotatable bonds is 3. The molecule has 142 valence electrons. The molecule has 2 aliphatic heterocycles. The third-order valence-corrected chi connectivity index (χ3v) is 6.84. The molecule has 0 amide bonds. The summed E-state index contributed by atoms with van der Waals surface area (Å²) in [6, 6.07) is 32.3. The Morgan fingerprint density at radius 2 is 1.38 bits per heavy atom. The van der Waals surface area contributed by atoms with Crippen LogP contribution in [0.15, 0.2) is 91.0 Å². The Morgan fingerprint density at radius 1 is 0.724 bits per heavy atom. The van der Waals surface area contributed by atoms with E-state index in [0.29, 0.717) is 12.1 Å². The second-order valence-electron chi connectivity index (χ2n) is 8.55. The van der Waals surface area contributed by atoms with Crippen LogP contribution in [0.3, 0.4) is 0 Å². The fraction of sp³-hybridized carbons (Fsp3) is 0.214. The first-order valence-corrected chi connectivity index (χ1v) is 10.8. The Balaban J connectivity index is 1.46. The molecule has 1 heteroatoms. The Kier molecular flexibility index (Phi) is 4.02. The summed E-state index contributed by atoms with van der Waals surface area (Å²) in [5, 5.41) is 5.49. The average molecular weight is 376 g/mol. The molecule has 2 atom stereocenters. The predicted molar refractivity (Wildman–Crippen MR) is 123 cm³/mol. The maximum atomic E-state index is 2.73. The van der Waals surface area contributed by atoms with Crippen LogP contribution in [0.4, 0.5) is 0 Å². The van der Waals surface area contributed by atoms with Crippen molar-refractivity contribution in [2.75, 3.05) is 0 Å². The minimum Gasteiger partial charge on any atom is -0.289 e. The molecule has 2 heterocycles. The van der Waals surface area contributed by atoms with E-state index >= 15 is 0 Å². The number of hydrogen-bond donors (Lipinski definition) is 0. The molecule has 29 heavy (non-hydrogen) atoms. The standard InChI is InChI=1S/C28H25N/c1-2-8-20(9-3-1)19-29-24-14-15-25(29)18-23(17-24)28-26-12-6-4-10-21(26)16-22-11-5-7-13-27(22)28/h1-13,16-17,24-25H,14-15,18-19H2. The van der Waals surface area contributed by atoms with Gasteiger partial charge in [-0.05, 0) is 63.6 Å². The molecule has 0 radical (unpaired) electrons. The summed E-state index contributed by atoms with van der Waals surface area (Å²) in [5.41, 5.74) is 4.45. The van der Waals surface area contributed by atoms with E-state index in [-0.39, 0.29) is 0 Å². The molecule has 0 aromatic heterocycles. The molecule has 4 aromatic rings. The van der Waals surface area contributed by atoms with Crippen molar-refractivity contribution in [3.8, 4) is 0 Å². The van der Waals surface area contributed by atoms with Gasteiger partial charge in [0, 0.05) is 18.6 Å². The van der Waals surface area contributed by atoms with Crippen molar-refractivity contribution in [3.05, 3.63) is 102 Å². The molecule has 0 aliphatic carbocycles. The summed E-state index contributed by atoms with van der Waals surface area (Å²) >= 11 is 0. The molecule has 1 saturated heterocycles. The quantitative estimate of drug-likeness (QED) is 0.355. The molecule has 6 rings (SSSR count). The van der Waals surface area contributed by atoms with Crippen LogP contribution in [0.25, 0.3) is 27.1 Å². The lowest BCUT2D eigenvalue weighted by molar-refractivity contribution is 0.203. The molecule has 0 N–H and O–H groups in total. The lowest BCUT2D eigenvalue weighted by atomic mass is 9.87. The van der Waals surface area contributed by atoms with Gasteiger partial charge < -0.3 is 0 Å². The summed E-state index contributed by atoms with van der Waals surface area (Å²) in [6.07, 6.45) is 6.33. The summed E-state index contributed by atoms with van der Waals surface area (Å²) < 4.78 is 0. The smallest absolute Gasteiger partial charge is 0.0291 e. The second kappa shape index (κ2) is 6.86. The minimum absolute atomic E-state index is 0.557. The number of nitrogens with zero attached hydrogens (tertiary/aromatic N) is 1. The largest absolute Gasteiger partial charge is 0.289 e. The molecule has 2 bridgehead atoms. The number of benzene rings is 4. The highest BCUT2D eigenvalue weighted by atomic mass is 15.2. The van der Waals surface area contributed by atoms with E-state index in [1.165, 1.54) is 45.5 Å². The molecular weight excluding hydrogens is 350 g/mol. The molecule has 4 aromatic carbocycles. The number of fused-ring (bicyclic) bond motifs is 4. The molecule has 0 saturated carbocycles. The van der Waals surface area contributed by atoms with Crippen molar-refractivity contribution in [2.45, 2.75) is 37.9 Å². The first-order valence-electron chi connectivity index (χ1n) is 10.8. The molecule has 0 spiro atoms. The first kappa shape index (κ1) is 17.0. The zero-order chi connectivity index (χ0) is 19.2. The highest BCUT2D eigenvalue weighted by Gasteiger charge is 2.37. The van der Waals surface area contributed by atoms with Gasteiger partial charge in [-0.2, -0.15) is 0 Å². The van der Waals surface area contributed by atoms with Crippen LogP contribution >= 0.6 is 0 Å². The highest BCUT2D eigenvalue weighted by Crippen LogP contribution is 2.43. The number of hydrogen-bond acceptors (Lipinski definition) is 1. The summed E-state index contributed by atoms with van der Waals surface area (Å²) in [7, 11) is 0. The van der Waals surface area contributed by atoms with Gasteiger partial charge in [0.15, 0.2) is 0 Å². The Labute approximate surface area is 172 Å². The zero-order valence-electron chi connectivity index (χ0n) is 16.6. The Hall–Kier alpha value is -2.90. The van der Waals surface area contributed by atoms with Gasteiger partial charge >= 0.3 is 0 Å². The van der Waals surface area contributed by atoms with Crippen LogP contribution < -0.4 is 0 Å². The SMILES string of the molecule is C1=C(c2c3ccccc3cc3ccccc23)CC2CCC1N2Cc1ccccc1. The monoisotopic (exact) mass is 375 g/mol. The first-order chi connectivity index (χ1) is 14.4. The van der Waals surface area contributed by atoms with Gasteiger partial charge in [0.25, 0.3) is 0 Å². The maximum Gasteiger partial charge on any atom is 0.0291 e. The maximum absolute atomic E-state index is 2.73. The predicted octanol–water partition coefficient (Wildman–Crippen LogP) is 6.81. The van der Waals surface area contributed by atoms with Crippen molar-refractivity contribution in [1.29, 1.82) is 0 Å². The van der Waals surface area contributed by atoms with Crippen molar-refractivity contribution < 1.29 is 0 Å². The Bertz CT molecular complexity index is 1170. The fourth-order valence-electron chi connectivity index (χ4n) is 5.50. The van der Waals surface area contributed by atoms with E-state index in [0.717, 1.165) is 13.0 Å². The summed E-state index contributed by atoms with van der Waals surface area (Å²) in [5.74, 6) is 0. The summed E-state index contributed by atoms with van der Waals surface area (Å²) in [4.78, 5) is 2.73. The highest BCUT2D eigenvalue weighted by molar-refractivity contribution is 6.09. The lowest BCUT2D eigenvalue weighted by Gasteiger charge is -2.34. The van der Waals surface area contributed by atoms with Gasteiger partial charge in [-0.25, -0.2) is 0 Å². The van der Waals surface area contributed by atoms with Crippen molar-refractivity contribution >= 4 is 27.1 Å².